The number of rotatable bonds is 8. The van der Waals surface area contributed by atoms with Crippen molar-refractivity contribution < 1.29 is 24.0 Å². The Balaban J connectivity index is 2.00. The summed E-state index contributed by atoms with van der Waals surface area (Å²) in [6.45, 7) is -0.302. The van der Waals surface area contributed by atoms with Gasteiger partial charge in [0, 0.05) is 38.3 Å². The van der Waals surface area contributed by atoms with E-state index in [9.17, 15) is 19.7 Å². The number of nitrogens with one attached hydrogen (secondary N) is 1. The number of hydrogen-bond acceptors (Lipinski definition) is 7. The second-order valence-corrected chi connectivity index (χ2v) is 6.02. The fourth-order valence-electron chi connectivity index (χ4n) is 2.49. The van der Waals surface area contributed by atoms with Gasteiger partial charge < -0.3 is 19.7 Å². The van der Waals surface area contributed by atoms with Crippen LogP contribution in [0.15, 0.2) is 42.5 Å². The van der Waals surface area contributed by atoms with Gasteiger partial charge in [-0.25, -0.2) is 4.79 Å². The molecule has 0 atom stereocenters. The van der Waals surface area contributed by atoms with Gasteiger partial charge in [-0.3, -0.25) is 14.9 Å². The third-order valence-electron chi connectivity index (χ3n) is 3.90. The number of hydrogen-bond donors (Lipinski definition) is 1. The molecule has 0 unspecified atom stereocenters. The molecule has 0 aromatic heterocycles. The van der Waals surface area contributed by atoms with Gasteiger partial charge in [-0.05, 0) is 12.1 Å². The summed E-state index contributed by atoms with van der Waals surface area (Å²) in [6, 6.07) is 11.1. The van der Waals surface area contributed by atoms with Crippen LogP contribution in [-0.4, -0.2) is 44.6 Å². The number of para-hydroxylation sites is 1. The van der Waals surface area contributed by atoms with Crippen molar-refractivity contribution >= 4 is 23.3 Å². The number of carbonyl (C=O) groups excluding carboxylic acids is 2. The van der Waals surface area contributed by atoms with E-state index in [1.165, 1.54) is 19.2 Å². The average Bonchev–Trinajstić information content (AvgIpc) is 2.69. The molecule has 0 saturated heterocycles. The van der Waals surface area contributed by atoms with Crippen molar-refractivity contribution in [3.63, 3.8) is 0 Å². The van der Waals surface area contributed by atoms with E-state index in [-0.39, 0.29) is 17.8 Å². The zero-order valence-corrected chi connectivity index (χ0v) is 15.8. The number of amides is 1. The van der Waals surface area contributed by atoms with Crippen LogP contribution in [0.2, 0.25) is 0 Å². The lowest BCUT2D eigenvalue weighted by Gasteiger charge is -2.16. The Morgan fingerprint density at radius 1 is 1.18 bits per heavy atom. The number of nitro benzene ring substituents is 1. The molecule has 1 N–H and O–H groups in total. The fraction of sp³-hybridized carbons (Fsp3) is 0.263. The molecule has 0 aliphatic rings. The van der Waals surface area contributed by atoms with Gasteiger partial charge in [0.05, 0.1) is 23.3 Å². The lowest BCUT2D eigenvalue weighted by molar-refractivity contribution is -0.384. The summed E-state index contributed by atoms with van der Waals surface area (Å²) in [7, 11) is 4.92. The van der Waals surface area contributed by atoms with Gasteiger partial charge in [0.2, 0.25) is 0 Å². The highest BCUT2D eigenvalue weighted by atomic mass is 16.6. The van der Waals surface area contributed by atoms with Crippen molar-refractivity contribution in [1.29, 1.82) is 0 Å². The Labute approximate surface area is 162 Å². The van der Waals surface area contributed by atoms with Crippen molar-refractivity contribution in [1.82, 2.24) is 5.32 Å². The quantitative estimate of drug-likeness (QED) is 0.420. The topological polar surface area (TPSA) is 111 Å². The molecule has 9 nitrogen and oxygen atoms in total. The lowest BCUT2D eigenvalue weighted by atomic mass is 10.1. The maximum absolute atomic E-state index is 12.4. The van der Waals surface area contributed by atoms with Crippen LogP contribution in [0, 0.1) is 10.1 Å². The number of carbonyl (C=O) groups is 2. The van der Waals surface area contributed by atoms with Crippen LogP contribution < -0.4 is 15.0 Å². The van der Waals surface area contributed by atoms with E-state index in [1.54, 1.807) is 31.1 Å². The molecule has 0 spiro atoms. The molecule has 2 rings (SSSR count). The maximum Gasteiger partial charge on any atom is 0.341 e. The number of nitro groups is 1. The van der Waals surface area contributed by atoms with Gasteiger partial charge in [-0.1, -0.05) is 18.2 Å². The number of benzene rings is 2. The second kappa shape index (κ2) is 9.36. The summed E-state index contributed by atoms with van der Waals surface area (Å²) < 4.78 is 10.2. The molecule has 1 amide bonds. The molecule has 0 aliphatic heterocycles. The Bertz CT molecular complexity index is 882. The fourth-order valence-corrected chi connectivity index (χ4v) is 2.49. The van der Waals surface area contributed by atoms with Crippen LogP contribution in [0.4, 0.5) is 11.4 Å². The molecule has 0 fully saturated rings. The van der Waals surface area contributed by atoms with Crippen molar-refractivity contribution in [3.8, 4) is 5.75 Å². The number of ether oxygens (including phenoxy) is 2. The number of esters is 1. The average molecular weight is 387 g/mol. The van der Waals surface area contributed by atoms with Gasteiger partial charge in [-0.2, -0.15) is 0 Å². The Hall–Kier alpha value is -3.62. The zero-order valence-electron chi connectivity index (χ0n) is 15.8. The highest BCUT2D eigenvalue weighted by molar-refractivity contribution is 5.97. The first-order valence-corrected chi connectivity index (χ1v) is 8.35. The molecule has 28 heavy (non-hydrogen) atoms. The number of anilines is 1. The first-order valence-electron chi connectivity index (χ1n) is 8.35. The maximum atomic E-state index is 12.4. The molecule has 0 radical (unpaired) electrons. The number of nitrogens with zero attached hydrogens (tertiary/aromatic N) is 2. The molecule has 148 valence electrons. The second-order valence-electron chi connectivity index (χ2n) is 6.02. The molecule has 2 aromatic rings. The van der Waals surface area contributed by atoms with Crippen LogP contribution in [-0.2, 0) is 16.1 Å². The van der Waals surface area contributed by atoms with E-state index in [2.05, 4.69) is 5.32 Å². The van der Waals surface area contributed by atoms with Crippen molar-refractivity contribution in [2.24, 2.45) is 0 Å². The molecule has 0 bridgehead atoms. The van der Waals surface area contributed by atoms with Crippen LogP contribution in [0.5, 0.6) is 5.75 Å². The smallest absolute Gasteiger partial charge is 0.341 e. The van der Waals surface area contributed by atoms with E-state index in [0.29, 0.717) is 11.4 Å². The standard InChI is InChI=1S/C19H21N3O6/c1-21(2)16-9-8-14(22(25)26)10-15(16)19(24)28-12-18(23)20-11-13-6-4-5-7-17(13)27-3/h4-10H,11-12H2,1-3H3,(H,20,23). The molecule has 2 aromatic carbocycles. The summed E-state index contributed by atoms with van der Waals surface area (Å²) >= 11 is 0. The van der Waals surface area contributed by atoms with E-state index in [1.807, 2.05) is 12.1 Å². The van der Waals surface area contributed by atoms with Gasteiger partial charge in [0.25, 0.3) is 11.6 Å². The first-order chi connectivity index (χ1) is 13.3. The third kappa shape index (κ3) is 5.19. The first kappa shape index (κ1) is 20.7. The Kier molecular flexibility index (Phi) is 6.91. The lowest BCUT2D eigenvalue weighted by Crippen LogP contribution is -2.28. The van der Waals surface area contributed by atoms with Crippen molar-refractivity contribution in [3.05, 3.63) is 63.7 Å². The third-order valence-corrected chi connectivity index (χ3v) is 3.90. The number of non-ortho nitro benzene ring substituents is 1. The molecular weight excluding hydrogens is 366 g/mol. The number of methoxy groups -OCH3 is 1. The molecule has 0 saturated carbocycles. The molecule has 0 heterocycles. The minimum absolute atomic E-state index is 0.0109. The summed E-state index contributed by atoms with van der Waals surface area (Å²) in [4.78, 5) is 36.3. The van der Waals surface area contributed by atoms with Crippen molar-refractivity contribution in [2.75, 3.05) is 32.7 Å². The Morgan fingerprint density at radius 3 is 2.54 bits per heavy atom. The van der Waals surface area contributed by atoms with Crippen LogP contribution in [0.25, 0.3) is 0 Å². The van der Waals surface area contributed by atoms with Gasteiger partial charge >= 0.3 is 5.97 Å². The minimum atomic E-state index is -0.820. The van der Waals surface area contributed by atoms with E-state index >= 15 is 0 Å². The summed E-state index contributed by atoms with van der Waals surface area (Å²) in [5, 5.41) is 13.6. The van der Waals surface area contributed by atoms with Gasteiger partial charge in [-0.15, -0.1) is 0 Å². The van der Waals surface area contributed by atoms with E-state index < -0.39 is 23.4 Å². The van der Waals surface area contributed by atoms with Crippen LogP contribution in [0.1, 0.15) is 15.9 Å². The highest BCUT2D eigenvalue weighted by Gasteiger charge is 2.20. The summed E-state index contributed by atoms with van der Waals surface area (Å²) in [6.07, 6.45) is 0. The summed E-state index contributed by atoms with van der Waals surface area (Å²) in [5.74, 6) is -0.692. The largest absolute Gasteiger partial charge is 0.496 e. The molecule has 0 aliphatic carbocycles. The van der Waals surface area contributed by atoms with Gasteiger partial charge in [0.1, 0.15) is 5.75 Å². The van der Waals surface area contributed by atoms with Crippen molar-refractivity contribution in [2.45, 2.75) is 6.54 Å². The predicted molar refractivity (Wildman–Crippen MR) is 103 cm³/mol. The zero-order chi connectivity index (χ0) is 20.7. The van der Waals surface area contributed by atoms with Gasteiger partial charge in [0.15, 0.2) is 6.61 Å². The Morgan fingerprint density at radius 2 is 1.89 bits per heavy atom. The van der Waals surface area contributed by atoms with E-state index in [4.69, 9.17) is 9.47 Å². The molecule has 9 heteroatoms. The van der Waals surface area contributed by atoms with Crippen LogP contribution >= 0.6 is 0 Å². The highest BCUT2D eigenvalue weighted by Crippen LogP contribution is 2.25. The van der Waals surface area contributed by atoms with E-state index in [0.717, 1.165) is 11.6 Å². The normalized spacial score (nSPS) is 10.1. The van der Waals surface area contributed by atoms with Crippen LogP contribution in [0.3, 0.4) is 0 Å². The minimum Gasteiger partial charge on any atom is -0.496 e. The molecular formula is C19H21N3O6. The predicted octanol–water partition coefficient (Wildman–Crippen LogP) is 2.14. The SMILES string of the molecule is COc1ccccc1CNC(=O)COC(=O)c1cc([N+](=O)[O-])ccc1N(C)C. The summed E-state index contributed by atoms with van der Waals surface area (Å²) in [5.41, 5.74) is 0.998. The monoisotopic (exact) mass is 387 g/mol.